The summed E-state index contributed by atoms with van der Waals surface area (Å²) in [6.45, 7) is 7.74. The Morgan fingerprint density at radius 3 is 2.53 bits per heavy atom. The van der Waals surface area contributed by atoms with E-state index < -0.39 is 0 Å². The zero-order chi connectivity index (χ0) is 13.7. The van der Waals surface area contributed by atoms with Crippen LogP contribution in [0.3, 0.4) is 0 Å². The molecule has 0 amide bonds. The lowest BCUT2D eigenvalue weighted by atomic mass is 10.1. The second kappa shape index (κ2) is 6.95. The van der Waals surface area contributed by atoms with Gasteiger partial charge in [-0.15, -0.1) is 0 Å². The lowest BCUT2D eigenvalue weighted by Gasteiger charge is -2.21. The van der Waals surface area contributed by atoms with Crippen molar-refractivity contribution >= 4 is 0 Å². The van der Waals surface area contributed by atoms with E-state index in [4.69, 9.17) is 4.74 Å². The molecule has 0 radical (unpaired) electrons. The standard InChI is InChI=1S/C17H27NO/c1-13(2)12-18-14(3)16-10-6-7-11-17(16)19-15-8-4-5-9-15/h6-7,10-11,13-15,18H,4-5,8-9,12H2,1-3H3/t14-/m1/s1. The Kier molecular flexibility index (Phi) is 5.26. The van der Waals surface area contributed by atoms with Crippen molar-refractivity contribution in [3.8, 4) is 5.75 Å². The third kappa shape index (κ3) is 4.24. The Bertz CT molecular complexity index is 383. The third-order valence-electron chi connectivity index (χ3n) is 3.81. The van der Waals surface area contributed by atoms with Gasteiger partial charge < -0.3 is 10.1 Å². The molecule has 1 aromatic carbocycles. The van der Waals surface area contributed by atoms with Gasteiger partial charge in [0.1, 0.15) is 5.75 Å². The van der Waals surface area contributed by atoms with Crippen LogP contribution in [0.1, 0.15) is 58.1 Å². The van der Waals surface area contributed by atoms with Crippen LogP contribution in [0.25, 0.3) is 0 Å². The predicted octanol–water partition coefficient (Wildman–Crippen LogP) is 4.31. The number of nitrogens with one attached hydrogen (secondary N) is 1. The summed E-state index contributed by atoms with van der Waals surface area (Å²) in [7, 11) is 0. The molecule has 0 unspecified atom stereocenters. The van der Waals surface area contributed by atoms with E-state index >= 15 is 0 Å². The quantitative estimate of drug-likeness (QED) is 0.823. The number of hydrogen-bond acceptors (Lipinski definition) is 2. The zero-order valence-corrected chi connectivity index (χ0v) is 12.5. The van der Waals surface area contributed by atoms with Gasteiger partial charge in [-0.25, -0.2) is 0 Å². The maximum absolute atomic E-state index is 6.19. The normalized spacial score (nSPS) is 17.9. The molecule has 2 nitrogen and oxygen atoms in total. The molecule has 0 heterocycles. The van der Waals surface area contributed by atoms with Crippen molar-refractivity contribution in [1.29, 1.82) is 0 Å². The van der Waals surface area contributed by atoms with E-state index in [0.29, 0.717) is 18.1 Å². The average Bonchev–Trinajstić information content (AvgIpc) is 2.89. The van der Waals surface area contributed by atoms with E-state index in [1.165, 1.54) is 31.2 Å². The van der Waals surface area contributed by atoms with Gasteiger partial charge in [0.25, 0.3) is 0 Å². The summed E-state index contributed by atoms with van der Waals surface area (Å²) in [5, 5.41) is 3.58. The van der Waals surface area contributed by atoms with Crippen LogP contribution in [-0.2, 0) is 0 Å². The Morgan fingerprint density at radius 2 is 1.84 bits per heavy atom. The molecule has 2 heteroatoms. The predicted molar refractivity (Wildman–Crippen MR) is 80.6 cm³/mol. The van der Waals surface area contributed by atoms with Crippen molar-refractivity contribution in [1.82, 2.24) is 5.32 Å². The van der Waals surface area contributed by atoms with Crippen molar-refractivity contribution in [2.45, 2.75) is 58.6 Å². The molecule has 1 aliphatic rings. The fraction of sp³-hybridized carbons (Fsp3) is 0.647. The van der Waals surface area contributed by atoms with Crippen LogP contribution < -0.4 is 10.1 Å². The van der Waals surface area contributed by atoms with Gasteiger partial charge in [-0.1, -0.05) is 32.0 Å². The van der Waals surface area contributed by atoms with Gasteiger partial charge in [-0.3, -0.25) is 0 Å². The maximum Gasteiger partial charge on any atom is 0.124 e. The molecule has 1 atom stereocenters. The molecule has 0 aliphatic heterocycles. The molecule has 19 heavy (non-hydrogen) atoms. The van der Waals surface area contributed by atoms with Crippen molar-refractivity contribution in [2.24, 2.45) is 5.92 Å². The fourth-order valence-electron chi connectivity index (χ4n) is 2.65. The molecule has 0 bridgehead atoms. The first-order chi connectivity index (χ1) is 9.16. The molecule has 2 rings (SSSR count). The highest BCUT2D eigenvalue weighted by molar-refractivity contribution is 5.35. The van der Waals surface area contributed by atoms with Crippen LogP contribution in [0.2, 0.25) is 0 Å². The van der Waals surface area contributed by atoms with Crippen LogP contribution >= 0.6 is 0 Å². The number of rotatable bonds is 6. The molecule has 0 saturated heterocycles. The summed E-state index contributed by atoms with van der Waals surface area (Å²) in [5.74, 6) is 1.74. The van der Waals surface area contributed by atoms with Crippen molar-refractivity contribution < 1.29 is 4.74 Å². The van der Waals surface area contributed by atoms with Gasteiger partial charge in [-0.2, -0.15) is 0 Å². The second-order valence-electron chi connectivity index (χ2n) is 6.09. The molecule has 1 aromatic rings. The van der Waals surface area contributed by atoms with Crippen molar-refractivity contribution in [2.75, 3.05) is 6.54 Å². The van der Waals surface area contributed by atoms with E-state index in [0.717, 1.165) is 12.3 Å². The Morgan fingerprint density at radius 1 is 1.16 bits per heavy atom. The van der Waals surface area contributed by atoms with Crippen molar-refractivity contribution in [3.05, 3.63) is 29.8 Å². The Hall–Kier alpha value is -1.02. The number of benzene rings is 1. The van der Waals surface area contributed by atoms with E-state index in [9.17, 15) is 0 Å². The summed E-state index contributed by atoms with van der Waals surface area (Å²) in [5.41, 5.74) is 1.29. The van der Waals surface area contributed by atoms with E-state index in [1.54, 1.807) is 0 Å². The molecule has 1 aliphatic carbocycles. The fourth-order valence-corrected chi connectivity index (χ4v) is 2.65. The van der Waals surface area contributed by atoms with Crippen molar-refractivity contribution in [3.63, 3.8) is 0 Å². The van der Waals surface area contributed by atoms with Crippen LogP contribution in [0.15, 0.2) is 24.3 Å². The van der Waals surface area contributed by atoms with Crippen LogP contribution in [-0.4, -0.2) is 12.6 Å². The second-order valence-corrected chi connectivity index (χ2v) is 6.09. The largest absolute Gasteiger partial charge is 0.490 e. The van der Waals surface area contributed by atoms with E-state index in [1.807, 2.05) is 0 Å². The smallest absolute Gasteiger partial charge is 0.124 e. The van der Waals surface area contributed by atoms with Gasteiger partial charge in [0.2, 0.25) is 0 Å². The molecular weight excluding hydrogens is 234 g/mol. The van der Waals surface area contributed by atoms with Gasteiger partial charge in [0.05, 0.1) is 6.10 Å². The molecular formula is C17H27NO. The highest BCUT2D eigenvalue weighted by Crippen LogP contribution is 2.29. The van der Waals surface area contributed by atoms with Gasteiger partial charge in [0, 0.05) is 11.6 Å². The summed E-state index contributed by atoms with van der Waals surface area (Å²) >= 11 is 0. The number of ether oxygens (including phenoxy) is 1. The lowest BCUT2D eigenvalue weighted by Crippen LogP contribution is -2.24. The van der Waals surface area contributed by atoms with Gasteiger partial charge in [-0.05, 0) is 51.1 Å². The minimum atomic E-state index is 0.347. The number of para-hydroxylation sites is 1. The van der Waals surface area contributed by atoms with Crippen LogP contribution in [0, 0.1) is 5.92 Å². The highest BCUT2D eigenvalue weighted by atomic mass is 16.5. The van der Waals surface area contributed by atoms with Crippen LogP contribution in [0.4, 0.5) is 0 Å². The SMILES string of the molecule is CC(C)CN[C@H](C)c1ccccc1OC1CCCC1. The topological polar surface area (TPSA) is 21.3 Å². The van der Waals surface area contributed by atoms with Crippen LogP contribution in [0.5, 0.6) is 5.75 Å². The molecule has 106 valence electrons. The third-order valence-corrected chi connectivity index (χ3v) is 3.81. The first kappa shape index (κ1) is 14.4. The first-order valence-electron chi connectivity index (χ1n) is 7.65. The Balaban J connectivity index is 2.02. The highest BCUT2D eigenvalue weighted by Gasteiger charge is 2.19. The first-order valence-corrected chi connectivity index (χ1v) is 7.65. The summed E-state index contributed by atoms with van der Waals surface area (Å²) in [4.78, 5) is 0. The minimum absolute atomic E-state index is 0.347. The number of hydrogen-bond donors (Lipinski definition) is 1. The molecule has 1 N–H and O–H groups in total. The summed E-state index contributed by atoms with van der Waals surface area (Å²) < 4.78 is 6.19. The Labute approximate surface area is 117 Å². The molecule has 1 saturated carbocycles. The maximum atomic E-state index is 6.19. The minimum Gasteiger partial charge on any atom is -0.490 e. The molecule has 0 spiro atoms. The average molecular weight is 261 g/mol. The summed E-state index contributed by atoms with van der Waals surface area (Å²) in [6, 6.07) is 8.82. The zero-order valence-electron chi connectivity index (χ0n) is 12.5. The van der Waals surface area contributed by atoms with E-state index in [2.05, 4.69) is 50.4 Å². The monoisotopic (exact) mass is 261 g/mol. The van der Waals surface area contributed by atoms with Gasteiger partial charge in [0.15, 0.2) is 0 Å². The molecule has 0 aromatic heterocycles. The molecule has 1 fully saturated rings. The van der Waals surface area contributed by atoms with E-state index in [-0.39, 0.29) is 0 Å². The lowest BCUT2D eigenvalue weighted by molar-refractivity contribution is 0.206. The summed E-state index contributed by atoms with van der Waals surface area (Å²) in [6.07, 6.45) is 5.48. The van der Waals surface area contributed by atoms with Gasteiger partial charge >= 0.3 is 0 Å².